The van der Waals surface area contributed by atoms with E-state index in [2.05, 4.69) is 21.7 Å². The normalized spacial score (nSPS) is 18.1. The second kappa shape index (κ2) is 8.23. The Balaban J connectivity index is 1.23. The number of amides is 2. The van der Waals surface area contributed by atoms with Crippen LogP contribution in [0, 0.1) is 0 Å². The molecule has 0 saturated carbocycles. The molecule has 0 atom stereocenters. The van der Waals surface area contributed by atoms with E-state index in [1.165, 1.54) is 10.4 Å². The fourth-order valence-electron chi connectivity index (χ4n) is 4.02. The van der Waals surface area contributed by atoms with Crippen LogP contribution in [0.3, 0.4) is 0 Å². The highest BCUT2D eigenvalue weighted by Crippen LogP contribution is 2.28. The quantitative estimate of drug-likeness (QED) is 0.883. The number of nitrogens with one attached hydrogen (secondary N) is 1. The molecule has 2 aliphatic heterocycles. The summed E-state index contributed by atoms with van der Waals surface area (Å²) in [6.45, 7) is 3.79. The average Bonchev–Trinajstić information content (AvgIpc) is 3.20. The van der Waals surface area contributed by atoms with Gasteiger partial charge in [0, 0.05) is 42.7 Å². The van der Waals surface area contributed by atoms with Crippen molar-refractivity contribution in [3.63, 3.8) is 0 Å². The van der Waals surface area contributed by atoms with Crippen molar-refractivity contribution in [3.8, 4) is 0 Å². The van der Waals surface area contributed by atoms with E-state index in [9.17, 15) is 9.59 Å². The zero-order chi connectivity index (χ0) is 18.6. The highest BCUT2D eigenvalue weighted by atomic mass is 32.1. The lowest BCUT2D eigenvalue weighted by molar-refractivity contribution is -0.131. The van der Waals surface area contributed by atoms with Gasteiger partial charge in [-0.05, 0) is 48.4 Å². The molecule has 2 aliphatic rings. The van der Waals surface area contributed by atoms with Crippen molar-refractivity contribution < 1.29 is 9.59 Å². The number of nitrogens with zero attached hydrogens (tertiary/aromatic N) is 2. The smallest absolute Gasteiger partial charge is 0.251 e. The summed E-state index contributed by atoms with van der Waals surface area (Å²) in [6, 6.07) is 11.8. The minimum atomic E-state index is -0.196. The molecule has 27 heavy (non-hydrogen) atoms. The molecule has 142 valence electrons. The van der Waals surface area contributed by atoms with Gasteiger partial charge in [0.2, 0.25) is 5.91 Å². The maximum absolute atomic E-state index is 12.4. The molecule has 1 saturated heterocycles. The summed E-state index contributed by atoms with van der Waals surface area (Å²) < 4.78 is 0. The van der Waals surface area contributed by atoms with Crippen molar-refractivity contribution in [2.24, 2.45) is 0 Å². The molecule has 4 rings (SSSR count). The monoisotopic (exact) mass is 383 g/mol. The standard InChI is InChI=1S/C21H25N3O2S/c25-20(14-22-21(26)16-4-2-1-3-5-16)23-10-6-18(7-11-23)24-12-8-19-17(15-24)9-13-27-19/h1-5,9,13,18H,6-8,10-12,14-15H2,(H,22,26). The van der Waals surface area contributed by atoms with Gasteiger partial charge in [0.1, 0.15) is 0 Å². The van der Waals surface area contributed by atoms with Crippen LogP contribution >= 0.6 is 11.3 Å². The Kier molecular flexibility index (Phi) is 5.55. The van der Waals surface area contributed by atoms with Gasteiger partial charge in [-0.1, -0.05) is 18.2 Å². The molecule has 0 aliphatic carbocycles. The van der Waals surface area contributed by atoms with Crippen molar-refractivity contribution in [2.75, 3.05) is 26.2 Å². The van der Waals surface area contributed by atoms with Gasteiger partial charge in [-0.25, -0.2) is 0 Å². The molecule has 1 fully saturated rings. The van der Waals surface area contributed by atoms with Crippen molar-refractivity contribution in [3.05, 3.63) is 57.8 Å². The molecule has 2 amide bonds. The number of hydrogen-bond acceptors (Lipinski definition) is 4. The van der Waals surface area contributed by atoms with Gasteiger partial charge in [0.25, 0.3) is 5.91 Å². The number of rotatable bonds is 4. The zero-order valence-corrected chi connectivity index (χ0v) is 16.2. The number of piperidine rings is 1. The number of carbonyl (C=O) groups is 2. The molecule has 0 unspecified atom stereocenters. The van der Waals surface area contributed by atoms with Gasteiger partial charge >= 0.3 is 0 Å². The Morgan fingerprint density at radius 2 is 1.85 bits per heavy atom. The predicted molar refractivity (Wildman–Crippen MR) is 107 cm³/mol. The van der Waals surface area contributed by atoms with Crippen molar-refractivity contribution in [1.82, 2.24) is 15.1 Å². The van der Waals surface area contributed by atoms with E-state index >= 15 is 0 Å². The first-order chi connectivity index (χ1) is 13.2. The van der Waals surface area contributed by atoms with E-state index in [1.54, 1.807) is 12.1 Å². The molecule has 0 bridgehead atoms. The summed E-state index contributed by atoms with van der Waals surface area (Å²) in [6.07, 6.45) is 3.17. The summed E-state index contributed by atoms with van der Waals surface area (Å²) in [5.74, 6) is -0.185. The first-order valence-corrected chi connectivity index (χ1v) is 10.5. The lowest BCUT2D eigenvalue weighted by Gasteiger charge is -2.40. The molecule has 3 heterocycles. The van der Waals surface area contributed by atoms with E-state index in [0.29, 0.717) is 11.6 Å². The molecule has 0 radical (unpaired) electrons. The maximum Gasteiger partial charge on any atom is 0.251 e. The number of benzene rings is 1. The molecule has 2 aromatic rings. The third-order valence-electron chi connectivity index (χ3n) is 5.61. The molecular formula is C21H25N3O2S. The van der Waals surface area contributed by atoms with Crippen LogP contribution in [-0.2, 0) is 17.8 Å². The summed E-state index contributed by atoms with van der Waals surface area (Å²) >= 11 is 1.87. The first-order valence-electron chi connectivity index (χ1n) is 9.61. The molecule has 1 N–H and O–H groups in total. The van der Waals surface area contributed by atoms with Gasteiger partial charge in [-0.2, -0.15) is 0 Å². The van der Waals surface area contributed by atoms with Gasteiger partial charge in [0.15, 0.2) is 0 Å². The van der Waals surface area contributed by atoms with E-state index in [0.717, 1.165) is 45.4 Å². The van der Waals surface area contributed by atoms with Crippen LogP contribution in [-0.4, -0.2) is 53.8 Å². The minimum Gasteiger partial charge on any atom is -0.343 e. The van der Waals surface area contributed by atoms with Crippen LogP contribution in [0.15, 0.2) is 41.8 Å². The van der Waals surface area contributed by atoms with E-state index in [1.807, 2.05) is 34.4 Å². The zero-order valence-electron chi connectivity index (χ0n) is 15.4. The van der Waals surface area contributed by atoms with Crippen LogP contribution in [0.25, 0.3) is 0 Å². The summed E-state index contributed by atoms with van der Waals surface area (Å²) in [5.41, 5.74) is 2.07. The Morgan fingerprint density at radius 1 is 1.07 bits per heavy atom. The lowest BCUT2D eigenvalue weighted by Crippen LogP contribution is -2.49. The van der Waals surface area contributed by atoms with Gasteiger partial charge in [-0.15, -0.1) is 11.3 Å². The largest absolute Gasteiger partial charge is 0.343 e. The second-order valence-corrected chi connectivity index (χ2v) is 8.25. The summed E-state index contributed by atoms with van der Waals surface area (Å²) in [4.78, 5) is 30.5. The predicted octanol–water partition coefficient (Wildman–Crippen LogP) is 2.53. The molecule has 5 nitrogen and oxygen atoms in total. The first kappa shape index (κ1) is 18.2. The van der Waals surface area contributed by atoms with Gasteiger partial charge in [0.05, 0.1) is 6.54 Å². The van der Waals surface area contributed by atoms with E-state index < -0.39 is 0 Å². The Labute approximate surface area is 164 Å². The Hall–Kier alpha value is -2.18. The van der Waals surface area contributed by atoms with Crippen LogP contribution in [0.5, 0.6) is 0 Å². The van der Waals surface area contributed by atoms with Crippen LogP contribution in [0.2, 0.25) is 0 Å². The number of thiophene rings is 1. The number of carbonyl (C=O) groups excluding carboxylic acids is 2. The minimum absolute atomic E-state index is 0.0106. The number of hydrogen-bond donors (Lipinski definition) is 1. The highest BCUT2D eigenvalue weighted by molar-refractivity contribution is 7.10. The fraction of sp³-hybridized carbons (Fsp3) is 0.429. The average molecular weight is 384 g/mol. The van der Waals surface area contributed by atoms with Crippen LogP contribution in [0.4, 0.5) is 0 Å². The van der Waals surface area contributed by atoms with Crippen LogP contribution < -0.4 is 5.32 Å². The van der Waals surface area contributed by atoms with Crippen molar-refractivity contribution in [1.29, 1.82) is 0 Å². The van der Waals surface area contributed by atoms with Crippen molar-refractivity contribution in [2.45, 2.75) is 31.8 Å². The molecular weight excluding hydrogens is 358 g/mol. The Bertz CT molecular complexity index is 797. The summed E-state index contributed by atoms with van der Waals surface area (Å²) in [5, 5.41) is 4.93. The SMILES string of the molecule is O=C(NCC(=O)N1CCC(N2CCc3sccc3C2)CC1)c1ccccc1. The molecule has 1 aromatic heterocycles. The van der Waals surface area contributed by atoms with Crippen LogP contribution in [0.1, 0.15) is 33.6 Å². The maximum atomic E-state index is 12.4. The van der Waals surface area contributed by atoms with Gasteiger partial charge in [-0.3, -0.25) is 14.5 Å². The molecule has 6 heteroatoms. The number of fused-ring (bicyclic) bond motifs is 1. The van der Waals surface area contributed by atoms with E-state index in [-0.39, 0.29) is 18.4 Å². The van der Waals surface area contributed by atoms with E-state index in [4.69, 9.17) is 0 Å². The molecule has 1 aromatic carbocycles. The third-order valence-corrected chi connectivity index (χ3v) is 6.63. The highest BCUT2D eigenvalue weighted by Gasteiger charge is 2.29. The second-order valence-electron chi connectivity index (χ2n) is 7.25. The number of likely N-dealkylation sites (tertiary alicyclic amines) is 1. The van der Waals surface area contributed by atoms with Gasteiger partial charge < -0.3 is 10.2 Å². The third kappa shape index (κ3) is 4.22. The van der Waals surface area contributed by atoms with Crippen molar-refractivity contribution >= 4 is 23.2 Å². The summed E-state index contributed by atoms with van der Waals surface area (Å²) in [7, 11) is 0. The topological polar surface area (TPSA) is 52.7 Å². The fourth-order valence-corrected chi connectivity index (χ4v) is 4.91. The lowest BCUT2D eigenvalue weighted by atomic mass is 9.99. The molecule has 0 spiro atoms. The Morgan fingerprint density at radius 3 is 2.63 bits per heavy atom.